The second-order valence-electron chi connectivity index (χ2n) is 3.89. The fraction of sp³-hybridized carbons (Fsp3) is 0.308. The van der Waals surface area contributed by atoms with E-state index in [-0.39, 0.29) is 5.78 Å². The summed E-state index contributed by atoms with van der Waals surface area (Å²) in [4.78, 5) is 11.7. The quantitative estimate of drug-likeness (QED) is 0.776. The molecule has 84 valence electrons. The molecule has 0 atom stereocenters. The van der Waals surface area contributed by atoms with E-state index in [0.29, 0.717) is 12.2 Å². The molecule has 2 rings (SSSR count). The highest BCUT2D eigenvalue weighted by Gasteiger charge is 2.14. The van der Waals surface area contributed by atoms with Gasteiger partial charge in [-0.05, 0) is 31.0 Å². The lowest BCUT2D eigenvalue weighted by Crippen LogP contribution is -1.94. The Morgan fingerprint density at radius 1 is 1.44 bits per heavy atom. The Morgan fingerprint density at radius 2 is 2.19 bits per heavy atom. The standard InChI is InChI=1S/C13H13BrO2/c1-3-4-11(15)12-7-9-10(14)6-5-8(2)13(9)16-12/h5-7H,3-4H2,1-2H3. The first-order chi connectivity index (χ1) is 7.63. The Morgan fingerprint density at radius 3 is 2.81 bits per heavy atom. The van der Waals surface area contributed by atoms with Crippen LogP contribution in [0.1, 0.15) is 35.9 Å². The number of carbonyl (C=O) groups excluding carboxylic acids is 1. The minimum atomic E-state index is 0.0741. The van der Waals surface area contributed by atoms with Gasteiger partial charge in [0.05, 0.1) is 0 Å². The van der Waals surface area contributed by atoms with Crippen LogP contribution in [0.25, 0.3) is 11.0 Å². The van der Waals surface area contributed by atoms with E-state index in [4.69, 9.17) is 4.42 Å². The minimum absolute atomic E-state index is 0.0741. The molecule has 0 unspecified atom stereocenters. The van der Waals surface area contributed by atoms with Gasteiger partial charge in [-0.15, -0.1) is 0 Å². The largest absolute Gasteiger partial charge is 0.453 e. The summed E-state index contributed by atoms with van der Waals surface area (Å²) in [6.07, 6.45) is 1.38. The monoisotopic (exact) mass is 280 g/mol. The molecule has 0 aliphatic rings. The first kappa shape index (κ1) is 11.4. The fourth-order valence-corrected chi connectivity index (χ4v) is 2.14. The van der Waals surface area contributed by atoms with Crippen molar-refractivity contribution < 1.29 is 9.21 Å². The van der Waals surface area contributed by atoms with Crippen LogP contribution < -0.4 is 0 Å². The van der Waals surface area contributed by atoms with Crippen LogP contribution in [0, 0.1) is 6.92 Å². The van der Waals surface area contributed by atoms with Crippen LogP contribution in [0.15, 0.2) is 27.1 Å². The number of fused-ring (bicyclic) bond motifs is 1. The molecule has 1 aromatic carbocycles. The van der Waals surface area contributed by atoms with Crippen molar-refractivity contribution in [2.75, 3.05) is 0 Å². The molecule has 0 N–H and O–H groups in total. The number of furan rings is 1. The molecule has 0 fully saturated rings. The van der Waals surface area contributed by atoms with Gasteiger partial charge in [0.15, 0.2) is 11.5 Å². The van der Waals surface area contributed by atoms with E-state index in [1.54, 1.807) is 0 Å². The Kier molecular flexibility index (Phi) is 3.15. The van der Waals surface area contributed by atoms with Crippen molar-refractivity contribution in [3.05, 3.63) is 34.0 Å². The van der Waals surface area contributed by atoms with Gasteiger partial charge in [0, 0.05) is 16.3 Å². The van der Waals surface area contributed by atoms with Crippen molar-refractivity contribution in [3.8, 4) is 0 Å². The van der Waals surface area contributed by atoms with Crippen molar-refractivity contribution in [1.82, 2.24) is 0 Å². The van der Waals surface area contributed by atoms with Crippen LogP contribution >= 0.6 is 15.9 Å². The summed E-state index contributed by atoms with van der Waals surface area (Å²) in [5.74, 6) is 0.539. The van der Waals surface area contributed by atoms with Gasteiger partial charge in [0.1, 0.15) is 5.58 Å². The lowest BCUT2D eigenvalue weighted by molar-refractivity contribution is 0.0957. The molecule has 0 spiro atoms. The topological polar surface area (TPSA) is 30.2 Å². The molecule has 0 amide bonds. The number of hydrogen-bond acceptors (Lipinski definition) is 2. The summed E-state index contributed by atoms with van der Waals surface area (Å²) in [7, 11) is 0. The highest BCUT2D eigenvalue weighted by atomic mass is 79.9. The number of rotatable bonds is 3. The predicted octanol–water partition coefficient (Wildman–Crippen LogP) is 4.49. The molecular formula is C13H13BrO2. The van der Waals surface area contributed by atoms with Crippen LogP contribution in [0.2, 0.25) is 0 Å². The molecule has 0 bridgehead atoms. The Hall–Kier alpha value is -1.09. The van der Waals surface area contributed by atoms with Gasteiger partial charge in [0.2, 0.25) is 0 Å². The SMILES string of the molecule is CCCC(=O)c1cc2c(Br)ccc(C)c2o1. The normalized spacial score (nSPS) is 10.9. The Bertz CT molecular complexity index is 501. The molecule has 1 aromatic heterocycles. The van der Waals surface area contributed by atoms with Gasteiger partial charge >= 0.3 is 0 Å². The van der Waals surface area contributed by atoms with Crippen LogP contribution in [0.3, 0.4) is 0 Å². The van der Waals surface area contributed by atoms with Gasteiger partial charge in [-0.25, -0.2) is 0 Å². The van der Waals surface area contributed by atoms with Gasteiger partial charge in [0.25, 0.3) is 0 Å². The van der Waals surface area contributed by atoms with Gasteiger partial charge < -0.3 is 4.42 Å². The summed E-state index contributed by atoms with van der Waals surface area (Å²) in [6, 6.07) is 5.77. The first-order valence-corrected chi connectivity index (χ1v) is 6.14. The molecule has 2 aromatic rings. The summed E-state index contributed by atoms with van der Waals surface area (Å²) in [6.45, 7) is 3.97. The van der Waals surface area contributed by atoms with Crippen molar-refractivity contribution >= 4 is 32.7 Å². The molecule has 3 heteroatoms. The number of Topliss-reactive ketones (excluding diaryl/α,β-unsaturated/α-hetero) is 1. The lowest BCUT2D eigenvalue weighted by atomic mass is 10.1. The number of carbonyl (C=O) groups is 1. The molecule has 2 nitrogen and oxygen atoms in total. The minimum Gasteiger partial charge on any atom is -0.453 e. The highest BCUT2D eigenvalue weighted by molar-refractivity contribution is 9.10. The maximum absolute atomic E-state index is 11.7. The smallest absolute Gasteiger partial charge is 0.198 e. The van der Waals surface area contributed by atoms with E-state index in [0.717, 1.165) is 27.4 Å². The van der Waals surface area contributed by atoms with Crippen LogP contribution in [0.4, 0.5) is 0 Å². The van der Waals surface area contributed by atoms with Crippen molar-refractivity contribution in [2.45, 2.75) is 26.7 Å². The molecule has 0 aliphatic heterocycles. The third-order valence-electron chi connectivity index (χ3n) is 2.58. The summed E-state index contributed by atoms with van der Waals surface area (Å²) >= 11 is 3.46. The van der Waals surface area contributed by atoms with E-state index < -0.39 is 0 Å². The highest BCUT2D eigenvalue weighted by Crippen LogP contribution is 2.30. The van der Waals surface area contributed by atoms with Crippen molar-refractivity contribution in [2.24, 2.45) is 0 Å². The van der Waals surface area contributed by atoms with E-state index in [2.05, 4.69) is 15.9 Å². The van der Waals surface area contributed by atoms with E-state index in [9.17, 15) is 4.79 Å². The molecule has 0 aliphatic carbocycles. The van der Waals surface area contributed by atoms with Crippen molar-refractivity contribution in [1.29, 1.82) is 0 Å². The van der Waals surface area contributed by atoms with E-state index in [1.165, 1.54) is 0 Å². The maximum atomic E-state index is 11.7. The summed E-state index contributed by atoms with van der Waals surface area (Å²) < 4.78 is 6.58. The van der Waals surface area contributed by atoms with Crippen LogP contribution in [-0.4, -0.2) is 5.78 Å². The number of benzene rings is 1. The molecule has 0 saturated carbocycles. The Labute approximate surface area is 103 Å². The van der Waals surface area contributed by atoms with Gasteiger partial charge in [-0.3, -0.25) is 4.79 Å². The fourth-order valence-electron chi connectivity index (χ4n) is 1.71. The van der Waals surface area contributed by atoms with E-state index >= 15 is 0 Å². The average Bonchev–Trinajstić information content (AvgIpc) is 2.70. The average molecular weight is 281 g/mol. The number of hydrogen-bond donors (Lipinski definition) is 0. The summed E-state index contributed by atoms with van der Waals surface area (Å²) in [5.41, 5.74) is 1.85. The molecule has 1 heterocycles. The van der Waals surface area contributed by atoms with Gasteiger partial charge in [-0.1, -0.05) is 28.9 Å². The Balaban J connectivity index is 2.55. The molecule has 0 saturated heterocycles. The maximum Gasteiger partial charge on any atom is 0.198 e. The second kappa shape index (κ2) is 4.42. The van der Waals surface area contributed by atoms with Crippen molar-refractivity contribution in [3.63, 3.8) is 0 Å². The van der Waals surface area contributed by atoms with Gasteiger partial charge in [-0.2, -0.15) is 0 Å². The zero-order chi connectivity index (χ0) is 11.7. The first-order valence-electron chi connectivity index (χ1n) is 5.35. The second-order valence-corrected chi connectivity index (χ2v) is 4.75. The number of aryl methyl sites for hydroxylation is 1. The molecule has 16 heavy (non-hydrogen) atoms. The van der Waals surface area contributed by atoms with Crippen LogP contribution in [-0.2, 0) is 0 Å². The zero-order valence-electron chi connectivity index (χ0n) is 9.34. The number of ketones is 1. The molecule has 0 radical (unpaired) electrons. The summed E-state index contributed by atoms with van der Waals surface area (Å²) in [5, 5.41) is 0.972. The van der Waals surface area contributed by atoms with Crippen LogP contribution in [0.5, 0.6) is 0 Å². The van der Waals surface area contributed by atoms with E-state index in [1.807, 2.05) is 32.0 Å². The lowest BCUT2D eigenvalue weighted by Gasteiger charge is -1.95. The zero-order valence-corrected chi connectivity index (χ0v) is 10.9. The third kappa shape index (κ3) is 1.92. The predicted molar refractivity (Wildman–Crippen MR) is 67.9 cm³/mol. The number of halogens is 1. The molecular weight excluding hydrogens is 268 g/mol. The third-order valence-corrected chi connectivity index (χ3v) is 3.27.